The number of anilines is 1. The minimum Gasteiger partial charge on any atom is -0.492 e. The van der Waals surface area contributed by atoms with Crippen molar-refractivity contribution in [3.63, 3.8) is 0 Å². The van der Waals surface area contributed by atoms with Gasteiger partial charge in [0.15, 0.2) is 0 Å². The molecule has 1 N–H and O–H groups in total. The molecule has 0 bridgehead atoms. The summed E-state index contributed by atoms with van der Waals surface area (Å²) in [5.41, 5.74) is 0. The first-order valence-electron chi connectivity index (χ1n) is 7.55. The number of aromatic nitrogens is 2. The van der Waals surface area contributed by atoms with Gasteiger partial charge in [-0.25, -0.2) is 9.97 Å². The van der Waals surface area contributed by atoms with E-state index in [0.717, 1.165) is 38.5 Å². The van der Waals surface area contributed by atoms with Crippen LogP contribution in [0.15, 0.2) is 34.8 Å². The minimum atomic E-state index is 0.581. The number of fused-ring (bicyclic) bond motifs is 1. The van der Waals surface area contributed by atoms with Crippen LogP contribution in [0.1, 0.15) is 17.6 Å². The number of nitrogens with zero attached hydrogens (tertiary/aromatic N) is 2. The highest BCUT2D eigenvalue weighted by molar-refractivity contribution is 9.10. The van der Waals surface area contributed by atoms with Gasteiger partial charge in [0, 0.05) is 15.8 Å². The van der Waals surface area contributed by atoms with Crippen LogP contribution in [0.3, 0.4) is 0 Å². The van der Waals surface area contributed by atoms with Gasteiger partial charge in [0.25, 0.3) is 0 Å². The van der Waals surface area contributed by atoms with Crippen LogP contribution < -0.4 is 10.1 Å². The molecule has 0 aliphatic rings. The number of benzene rings is 1. The molecule has 0 aliphatic heterocycles. The van der Waals surface area contributed by atoms with Gasteiger partial charge in [-0.1, -0.05) is 22.9 Å². The second kappa shape index (κ2) is 7.27. The van der Waals surface area contributed by atoms with E-state index >= 15 is 0 Å². The van der Waals surface area contributed by atoms with Gasteiger partial charge in [-0.3, -0.25) is 0 Å². The second-order valence-corrected chi connectivity index (χ2v) is 7.30. The zero-order valence-corrected chi connectivity index (χ0v) is 15.5. The second-order valence-electron chi connectivity index (χ2n) is 5.15. The highest BCUT2D eigenvalue weighted by Crippen LogP contribution is 2.28. The lowest BCUT2D eigenvalue weighted by Crippen LogP contribution is -2.13. The Balaban J connectivity index is 1.65. The van der Waals surface area contributed by atoms with Gasteiger partial charge in [0.2, 0.25) is 0 Å². The molecular weight excluding hydrogens is 374 g/mol. The first-order valence-corrected chi connectivity index (χ1v) is 9.16. The van der Waals surface area contributed by atoms with Crippen molar-refractivity contribution in [2.45, 2.75) is 20.3 Å². The Labute approximate surface area is 148 Å². The summed E-state index contributed by atoms with van der Waals surface area (Å²) >= 11 is 5.12. The van der Waals surface area contributed by atoms with Crippen LogP contribution in [0.25, 0.3) is 10.2 Å². The van der Waals surface area contributed by atoms with Gasteiger partial charge < -0.3 is 10.1 Å². The van der Waals surface area contributed by atoms with Gasteiger partial charge in [-0.2, -0.15) is 0 Å². The molecule has 0 saturated heterocycles. The molecule has 6 heteroatoms. The van der Waals surface area contributed by atoms with Gasteiger partial charge >= 0.3 is 0 Å². The van der Waals surface area contributed by atoms with Crippen LogP contribution in [0.2, 0.25) is 0 Å². The third-order valence-electron chi connectivity index (χ3n) is 3.36. The van der Waals surface area contributed by atoms with E-state index in [-0.39, 0.29) is 0 Å². The standard InChI is InChI=1S/C17H18BrN3OS/c1-3-15-20-16(14-10-11(2)23-17(14)21-15)19-8-9-22-13-6-4-12(18)5-7-13/h4-7,10H,3,8-9H2,1-2H3,(H,19,20,21). The van der Waals surface area contributed by atoms with Crippen LogP contribution >= 0.6 is 27.3 Å². The lowest BCUT2D eigenvalue weighted by atomic mass is 10.3. The average molecular weight is 392 g/mol. The normalized spacial score (nSPS) is 10.9. The number of hydrogen-bond acceptors (Lipinski definition) is 5. The number of nitrogens with one attached hydrogen (secondary N) is 1. The monoisotopic (exact) mass is 391 g/mol. The molecule has 3 rings (SSSR count). The number of halogens is 1. The van der Waals surface area contributed by atoms with E-state index in [0.29, 0.717) is 13.2 Å². The van der Waals surface area contributed by atoms with E-state index in [2.05, 4.69) is 51.1 Å². The van der Waals surface area contributed by atoms with Crippen molar-refractivity contribution in [2.24, 2.45) is 0 Å². The van der Waals surface area contributed by atoms with Gasteiger partial charge in [-0.15, -0.1) is 11.3 Å². The number of aryl methyl sites for hydroxylation is 2. The van der Waals surface area contributed by atoms with Crippen molar-refractivity contribution in [3.8, 4) is 5.75 Å². The molecule has 0 amide bonds. The highest BCUT2D eigenvalue weighted by atomic mass is 79.9. The Bertz CT molecular complexity index is 801. The molecule has 1 aromatic carbocycles. The summed E-state index contributed by atoms with van der Waals surface area (Å²) in [6.07, 6.45) is 0.830. The molecule has 0 radical (unpaired) electrons. The summed E-state index contributed by atoms with van der Waals surface area (Å²) in [5.74, 6) is 2.63. The van der Waals surface area contributed by atoms with Crippen molar-refractivity contribution < 1.29 is 4.74 Å². The molecule has 3 aromatic rings. The minimum absolute atomic E-state index is 0.581. The Hall–Kier alpha value is -1.66. The van der Waals surface area contributed by atoms with Crippen LogP contribution in [-0.4, -0.2) is 23.1 Å². The topological polar surface area (TPSA) is 47.0 Å². The lowest BCUT2D eigenvalue weighted by Gasteiger charge is -2.10. The predicted octanol–water partition coefficient (Wildman–Crippen LogP) is 4.82. The molecule has 0 fully saturated rings. The fourth-order valence-electron chi connectivity index (χ4n) is 2.25. The maximum Gasteiger partial charge on any atom is 0.138 e. The van der Waals surface area contributed by atoms with E-state index in [1.807, 2.05) is 24.3 Å². The Morgan fingerprint density at radius 1 is 1.22 bits per heavy atom. The summed E-state index contributed by atoms with van der Waals surface area (Å²) in [5, 5.41) is 4.47. The number of thiophene rings is 1. The fraction of sp³-hybridized carbons (Fsp3) is 0.294. The molecule has 120 valence electrons. The van der Waals surface area contributed by atoms with Gasteiger partial charge in [0.1, 0.15) is 28.8 Å². The van der Waals surface area contributed by atoms with Crippen molar-refractivity contribution in [1.29, 1.82) is 0 Å². The molecule has 0 aliphatic carbocycles. The van der Waals surface area contributed by atoms with Crippen molar-refractivity contribution >= 4 is 43.3 Å². The summed E-state index contributed by atoms with van der Waals surface area (Å²) in [7, 11) is 0. The molecule has 0 spiro atoms. The number of ether oxygens (including phenoxy) is 1. The summed E-state index contributed by atoms with van der Waals surface area (Å²) in [6.45, 7) is 5.44. The average Bonchev–Trinajstić information content (AvgIpc) is 2.93. The van der Waals surface area contributed by atoms with Gasteiger partial charge in [-0.05, 0) is 37.3 Å². The summed E-state index contributed by atoms with van der Waals surface area (Å²) < 4.78 is 6.78. The quantitative estimate of drug-likeness (QED) is 0.612. The molecule has 2 heterocycles. The largest absolute Gasteiger partial charge is 0.492 e. The van der Waals surface area contributed by atoms with Crippen molar-refractivity contribution in [1.82, 2.24) is 9.97 Å². The van der Waals surface area contributed by atoms with E-state index in [1.54, 1.807) is 11.3 Å². The number of hydrogen-bond donors (Lipinski definition) is 1. The number of rotatable bonds is 6. The molecule has 0 unspecified atom stereocenters. The first-order chi connectivity index (χ1) is 11.2. The van der Waals surface area contributed by atoms with Crippen molar-refractivity contribution in [3.05, 3.63) is 45.5 Å². The fourth-order valence-corrected chi connectivity index (χ4v) is 3.41. The Morgan fingerprint density at radius 3 is 2.74 bits per heavy atom. The van der Waals surface area contributed by atoms with Crippen LogP contribution in [-0.2, 0) is 6.42 Å². The molecule has 2 aromatic heterocycles. The predicted molar refractivity (Wildman–Crippen MR) is 99.7 cm³/mol. The van der Waals surface area contributed by atoms with Crippen molar-refractivity contribution in [2.75, 3.05) is 18.5 Å². The SMILES string of the molecule is CCc1nc(NCCOc2ccc(Br)cc2)c2cc(C)sc2n1. The molecular formula is C17H18BrN3OS. The van der Waals surface area contributed by atoms with E-state index in [9.17, 15) is 0 Å². The third kappa shape index (κ3) is 4.00. The maximum absolute atomic E-state index is 5.73. The van der Waals surface area contributed by atoms with Crippen LogP contribution in [0.4, 0.5) is 5.82 Å². The zero-order chi connectivity index (χ0) is 16.2. The highest BCUT2D eigenvalue weighted by Gasteiger charge is 2.09. The summed E-state index contributed by atoms with van der Waals surface area (Å²) in [4.78, 5) is 11.5. The first kappa shape index (κ1) is 16.2. The van der Waals surface area contributed by atoms with Gasteiger partial charge in [0.05, 0.1) is 11.9 Å². The molecule has 0 atom stereocenters. The van der Waals surface area contributed by atoms with E-state index < -0.39 is 0 Å². The third-order valence-corrected chi connectivity index (χ3v) is 4.83. The molecule has 23 heavy (non-hydrogen) atoms. The Kier molecular flexibility index (Phi) is 5.13. The molecule has 4 nitrogen and oxygen atoms in total. The summed E-state index contributed by atoms with van der Waals surface area (Å²) in [6, 6.07) is 9.98. The van der Waals surface area contributed by atoms with Crippen LogP contribution in [0.5, 0.6) is 5.75 Å². The lowest BCUT2D eigenvalue weighted by molar-refractivity contribution is 0.332. The zero-order valence-electron chi connectivity index (χ0n) is 13.1. The van der Waals surface area contributed by atoms with E-state index in [1.165, 1.54) is 4.88 Å². The molecule has 0 saturated carbocycles. The maximum atomic E-state index is 5.73. The van der Waals surface area contributed by atoms with E-state index in [4.69, 9.17) is 4.74 Å². The van der Waals surface area contributed by atoms with Crippen LogP contribution in [0, 0.1) is 6.92 Å². The smallest absolute Gasteiger partial charge is 0.138 e. The Morgan fingerprint density at radius 2 is 2.00 bits per heavy atom.